The van der Waals surface area contributed by atoms with E-state index < -0.39 is 0 Å². The zero-order valence-corrected chi connectivity index (χ0v) is 17.4. The number of phenolic OH excluding ortho intramolecular Hbond substituents is 3. The van der Waals surface area contributed by atoms with Gasteiger partial charge in [0.05, 0.1) is 12.5 Å². The molecule has 0 saturated heterocycles. The number of fused-ring (bicyclic) bond motifs is 2. The fraction of sp³-hybridized carbons (Fsp3) is 0.333. The van der Waals surface area contributed by atoms with Crippen LogP contribution in [0.1, 0.15) is 42.1 Å². The van der Waals surface area contributed by atoms with Crippen molar-refractivity contribution in [3.05, 3.63) is 46.5 Å². The molecule has 0 spiro atoms. The van der Waals surface area contributed by atoms with Gasteiger partial charge in [-0.15, -0.1) is 0 Å². The van der Waals surface area contributed by atoms with Crippen LogP contribution in [0, 0.1) is 13.8 Å². The topological polar surface area (TPSA) is 82.0 Å². The quantitative estimate of drug-likeness (QED) is 0.501. The third-order valence-corrected chi connectivity index (χ3v) is 5.90. The molecule has 5 heteroatoms. The molecule has 1 aliphatic heterocycles. The third kappa shape index (κ3) is 2.97. The van der Waals surface area contributed by atoms with Gasteiger partial charge < -0.3 is 25.4 Å². The number of hydrogen-bond acceptors (Lipinski definition) is 5. The average Bonchev–Trinajstić information content (AvgIpc) is 2.62. The summed E-state index contributed by atoms with van der Waals surface area (Å²) in [6, 6.07) is 7.20. The van der Waals surface area contributed by atoms with E-state index in [-0.39, 0.29) is 29.3 Å². The van der Waals surface area contributed by atoms with E-state index in [4.69, 9.17) is 4.74 Å². The van der Waals surface area contributed by atoms with E-state index in [1.54, 1.807) is 13.2 Å². The zero-order valence-electron chi connectivity index (χ0n) is 17.4. The second kappa shape index (κ2) is 6.85. The van der Waals surface area contributed by atoms with E-state index in [2.05, 4.69) is 12.2 Å². The Balaban J connectivity index is 2.17. The summed E-state index contributed by atoms with van der Waals surface area (Å²) in [6.45, 7) is 8.02. The molecule has 1 aliphatic rings. The fourth-order valence-electron chi connectivity index (χ4n) is 4.84. The highest BCUT2D eigenvalue weighted by atomic mass is 16.5. The van der Waals surface area contributed by atoms with Crippen molar-refractivity contribution < 1.29 is 20.1 Å². The molecule has 0 bridgehead atoms. The van der Waals surface area contributed by atoms with Crippen LogP contribution < -0.4 is 10.1 Å². The van der Waals surface area contributed by atoms with Crippen molar-refractivity contribution in [3.8, 4) is 34.1 Å². The summed E-state index contributed by atoms with van der Waals surface area (Å²) >= 11 is 0. The molecule has 29 heavy (non-hydrogen) atoms. The number of ether oxygens (including phenoxy) is 1. The summed E-state index contributed by atoms with van der Waals surface area (Å²) < 4.78 is 5.54. The van der Waals surface area contributed by atoms with Gasteiger partial charge in [0.15, 0.2) is 0 Å². The van der Waals surface area contributed by atoms with Crippen LogP contribution in [-0.4, -0.2) is 28.5 Å². The normalized spacial score (nSPS) is 18.7. The first-order chi connectivity index (χ1) is 13.7. The largest absolute Gasteiger partial charge is 0.507 e. The van der Waals surface area contributed by atoms with Crippen molar-refractivity contribution in [2.24, 2.45) is 0 Å². The summed E-state index contributed by atoms with van der Waals surface area (Å²) in [7, 11) is 1.59. The molecule has 0 amide bonds. The minimum atomic E-state index is -0.0342. The van der Waals surface area contributed by atoms with E-state index in [9.17, 15) is 15.3 Å². The molecule has 0 saturated carbocycles. The summed E-state index contributed by atoms with van der Waals surface area (Å²) in [6.07, 6.45) is 0.682. The first-order valence-corrected chi connectivity index (χ1v) is 9.88. The van der Waals surface area contributed by atoms with Crippen LogP contribution >= 0.6 is 0 Å². The van der Waals surface area contributed by atoms with Gasteiger partial charge in [-0.1, -0.05) is 6.07 Å². The van der Waals surface area contributed by atoms with Crippen LogP contribution in [0.4, 0.5) is 0 Å². The maximum absolute atomic E-state index is 10.9. The van der Waals surface area contributed by atoms with Crippen molar-refractivity contribution in [2.45, 2.75) is 46.2 Å². The first kappa shape index (κ1) is 19.4. The van der Waals surface area contributed by atoms with Crippen molar-refractivity contribution >= 4 is 10.8 Å². The van der Waals surface area contributed by atoms with Gasteiger partial charge in [0.1, 0.15) is 23.0 Å². The van der Waals surface area contributed by atoms with E-state index in [0.29, 0.717) is 23.1 Å². The zero-order chi connectivity index (χ0) is 21.0. The number of aryl methyl sites for hydroxylation is 2. The third-order valence-electron chi connectivity index (χ3n) is 5.90. The van der Waals surface area contributed by atoms with Crippen LogP contribution in [-0.2, 0) is 6.42 Å². The molecule has 5 nitrogen and oxygen atoms in total. The minimum Gasteiger partial charge on any atom is -0.507 e. The molecule has 152 valence electrons. The highest BCUT2D eigenvalue weighted by Crippen LogP contribution is 2.49. The Morgan fingerprint density at radius 2 is 1.66 bits per heavy atom. The minimum absolute atomic E-state index is 0.0342. The van der Waals surface area contributed by atoms with E-state index in [1.807, 2.05) is 32.9 Å². The number of aromatic hydroxyl groups is 3. The van der Waals surface area contributed by atoms with Crippen molar-refractivity contribution in [2.75, 3.05) is 7.11 Å². The lowest BCUT2D eigenvalue weighted by molar-refractivity contribution is 0.402. The maximum Gasteiger partial charge on any atom is 0.130 e. The van der Waals surface area contributed by atoms with Crippen LogP contribution in [0.5, 0.6) is 23.0 Å². The summed E-state index contributed by atoms with van der Waals surface area (Å²) in [5.74, 6) is 0.878. The Labute approximate surface area is 170 Å². The number of methoxy groups -OCH3 is 1. The molecule has 0 fully saturated rings. The van der Waals surface area contributed by atoms with Gasteiger partial charge in [-0.25, -0.2) is 0 Å². The SMILES string of the molecule is COc1cc(C)cc2c(-c3c(O)cc(O)c4c3CC(C)NC4C)c(C)cc(O)c12. The van der Waals surface area contributed by atoms with Crippen LogP contribution in [0.15, 0.2) is 24.3 Å². The lowest BCUT2D eigenvalue weighted by Crippen LogP contribution is -2.36. The molecule has 0 radical (unpaired) electrons. The first-order valence-electron chi connectivity index (χ1n) is 9.88. The van der Waals surface area contributed by atoms with Crippen LogP contribution in [0.25, 0.3) is 21.9 Å². The molecule has 0 aromatic heterocycles. The van der Waals surface area contributed by atoms with Gasteiger partial charge in [-0.3, -0.25) is 0 Å². The Hall–Kier alpha value is -2.92. The second-order valence-corrected chi connectivity index (χ2v) is 8.15. The molecule has 4 N–H and O–H groups in total. The van der Waals surface area contributed by atoms with E-state index in [0.717, 1.165) is 33.2 Å². The Kier molecular flexibility index (Phi) is 4.58. The van der Waals surface area contributed by atoms with Crippen molar-refractivity contribution in [1.82, 2.24) is 5.32 Å². The van der Waals surface area contributed by atoms with Gasteiger partial charge in [-0.2, -0.15) is 0 Å². The Morgan fingerprint density at radius 1 is 0.931 bits per heavy atom. The lowest BCUT2D eigenvalue weighted by atomic mass is 9.81. The number of hydrogen-bond donors (Lipinski definition) is 4. The highest BCUT2D eigenvalue weighted by Gasteiger charge is 2.30. The van der Waals surface area contributed by atoms with E-state index >= 15 is 0 Å². The number of phenols is 3. The molecule has 2 atom stereocenters. The smallest absolute Gasteiger partial charge is 0.130 e. The van der Waals surface area contributed by atoms with Gasteiger partial charge in [0.25, 0.3) is 0 Å². The molecule has 0 aliphatic carbocycles. The summed E-state index contributed by atoms with van der Waals surface area (Å²) in [4.78, 5) is 0. The van der Waals surface area contributed by atoms with Gasteiger partial charge in [0.2, 0.25) is 0 Å². The van der Waals surface area contributed by atoms with Crippen molar-refractivity contribution in [3.63, 3.8) is 0 Å². The van der Waals surface area contributed by atoms with Crippen LogP contribution in [0.2, 0.25) is 0 Å². The molecule has 2 unspecified atom stereocenters. The standard InChI is InChI=1S/C24H27NO4/c1-11-6-15-21(12(2)8-17(26)23(15)20(7-11)29-5)24-16-9-13(3)25-14(4)22(16)18(27)10-19(24)28/h6-8,10,13-14,25-28H,9H2,1-5H3. The van der Waals surface area contributed by atoms with E-state index in [1.165, 1.54) is 6.07 Å². The number of rotatable bonds is 2. The van der Waals surface area contributed by atoms with Crippen molar-refractivity contribution in [1.29, 1.82) is 0 Å². The van der Waals surface area contributed by atoms with Gasteiger partial charge >= 0.3 is 0 Å². The van der Waals surface area contributed by atoms with Crippen LogP contribution in [0.3, 0.4) is 0 Å². The predicted molar refractivity (Wildman–Crippen MR) is 115 cm³/mol. The molecule has 3 aromatic rings. The molecule has 3 aromatic carbocycles. The molecular weight excluding hydrogens is 366 g/mol. The van der Waals surface area contributed by atoms with Gasteiger partial charge in [0, 0.05) is 29.3 Å². The average molecular weight is 393 g/mol. The monoisotopic (exact) mass is 393 g/mol. The highest BCUT2D eigenvalue weighted by molar-refractivity contribution is 6.06. The number of benzene rings is 3. The molecule has 1 heterocycles. The molecular formula is C24H27NO4. The summed E-state index contributed by atoms with van der Waals surface area (Å²) in [5.41, 5.74) is 5.18. The fourth-order valence-corrected chi connectivity index (χ4v) is 4.84. The summed E-state index contributed by atoms with van der Waals surface area (Å²) in [5, 5.41) is 37.1. The van der Waals surface area contributed by atoms with Gasteiger partial charge in [-0.05, 0) is 73.9 Å². The second-order valence-electron chi connectivity index (χ2n) is 8.15. The predicted octanol–water partition coefficient (Wildman–Crippen LogP) is 4.84. The molecule has 4 rings (SSSR count). The Morgan fingerprint density at radius 3 is 2.34 bits per heavy atom. The maximum atomic E-state index is 10.9. The Bertz CT molecular complexity index is 1140. The lowest BCUT2D eigenvalue weighted by Gasteiger charge is -2.32. The number of nitrogens with one attached hydrogen (secondary N) is 1.